The highest BCUT2D eigenvalue weighted by Gasteiger charge is 2.24. The highest BCUT2D eigenvalue weighted by atomic mass is 16.2. The Morgan fingerprint density at radius 1 is 1.33 bits per heavy atom. The molecule has 3 rings (SSSR count). The van der Waals surface area contributed by atoms with E-state index >= 15 is 0 Å². The van der Waals surface area contributed by atoms with Gasteiger partial charge < -0.3 is 5.32 Å². The number of benzene rings is 1. The van der Waals surface area contributed by atoms with E-state index in [2.05, 4.69) is 10.4 Å². The third-order valence-corrected chi connectivity index (χ3v) is 4.75. The zero-order valence-corrected chi connectivity index (χ0v) is 14.2. The summed E-state index contributed by atoms with van der Waals surface area (Å²) in [6.45, 7) is 1.88. The normalized spacial score (nSPS) is 18.6. The van der Waals surface area contributed by atoms with Gasteiger partial charge in [0, 0.05) is 31.6 Å². The molecule has 0 aliphatic heterocycles. The quantitative estimate of drug-likeness (QED) is 0.919. The first-order valence-corrected chi connectivity index (χ1v) is 8.45. The van der Waals surface area contributed by atoms with E-state index in [0.717, 1.165) is 36.8 Å². The van der Waals surface area contributed by atoms with Gasteiger partial charge in [-0.3, -0.25) is 14.3 Å². The summed E-state index contributed by atoms with van der Waals surface area (Å²) in [4.78, 5) is 24.1. The van der Waals surface area contributed by atoms with E-state index in [0.29, 0.717) is 11.6 Å². The van der Waals surface area contributed by atoms with Gasteiger partial charge in [0.25, 0.3) is 0 Å². The summed E-state index contributed by atoms with van der Waals surface area (Å²) in [5, 5.41) is 6.98. The number of aromatic nitrogens is 2. The van der Waals surface area contributed by atoms with Crippen LogP contribution in [0.1, 0.15) is 43.2 Å². The number of aryl methyl sites for hydroxylation is 1. The van der Waals surface area contributed by atoms with Crippen LogP contribution in [0.25, 0.3) is 0 Å². The van der Waals surface area contributed by atoms with Crippen molar-refractivity contribution in [2.24, 2.45) is 13.0 Å². The smallest absolute Gasteiger partial charge is 0.232 e. The van der Waals surface area contributed by atoms with Gasteiger partial charge in [0.1, 0.15) is 5.78 Å². The van der Waals surface area contributed by atoms with Crippen LogP contribution < -0.4 is 5.32 Å². The summed E-state index contributed by atoms with van der Waals surface area (Å²) in [6, 6.07) is 9.80. The first-order chi connectivity index (χ1) is 11.5. The van der Waals surface area contributed by atoms with Crippen LogP contribution >= 0.6 is 0 Å². The van der Waals surface area contributed by atoms with Crippen LogP contribution in [-0.4, -0.2) is 21.5 Å². The Morgan fingerprint density at radius 3 is 2.67 bits per heavy atom. The average molecular weight is 325 g/mol. The fourth-order valence-corrected chi connectivity index (χ4v) is 3.20. The summed E-state index contributed by atoms with van der Waals surface area (Å²) in [5.74, 6) is 0.801. The Labute approximate surface area is 142 Å². The summed E-state index contributed by atoms with van der Waals surface area (Å²) in [7, 11) is 1.81. The van der Waals surface area contributed by atoms with E-state index < -0.39 is 0 Å². The molecule has 0 saturated heterocycles. The molecule has 0 unspecified atom stereocenters. The lowest BCUT2D eigenvalue weighted by Gasteiger charge is -2.13. The van der Waals surface area contributed by atoms with E-state index in [1.165, 1.54) is 0 Å². The molecule has 1 aromatic heterocycles. The maximum atomic E-state index is 12.3. The van der Waals surface area contributed by atoms with Gasteiger partial charge in [0.2, 0.25) is 5.91 Å². The van der Waals surface area contributed by atoms with Crippen LogP contribution in [0.15, 0.2) is 36.5 Å². The lowest BCUT2D eigenvalue weighted by atomic mass is 9.94. The van der Waals surface area contributed by atoms with E-state index in [1.807, 2.05) is 38.2 Å². The minimum absolute atomic E-state index is 0.0765. The van der Waals surface area contributed by atoms with Crippen molar-refractivity contribution >= 4 is 17.5 Å². The van der Waals surface area contributed by atoms with Gasteiger partial charge in [-0.1, -0.05) is 24.3 Å². The number of rotatable bonds is 5. The first kappa shape index (κ1) is 16.4. The summed E-state index contributed by atoms with van der Waals surface area (Å²) in [5.41, 5.74) is 2.13. The van der Waals surface area contributed by atoms with Crippen LogP contribution in [0.2, 0.25) is 0 Å². The van der Waals surface area contributed by atoms with E-state index in [-0.39, 0.29) is 17.7 Å². The minimum atomic E-state index is -0.255. The third-order valence-electron chi connectivity index (χ3n) is 4.75. The number of anilines is 1. The first-order valence-electron chi connectivity index (χ1n) is 8.45. The van der Waals surface area contributed by atoms with Gasteiger partial charge >= 0.3 is 0 Å². The molecule has 1 N–H and O–H groups in total. The zero-order chi connectivity index (χ0) is 17.1. The van der Waals surface area contributed by atoms with Crippen LogP contribution in [0.3, 0.4) is 0 Å². The van der Waals surface area contributed by atoms with E-state index in [4.69, 9.17) is 0 Å². The second kappa shape index (κ2) is 6.99. The molecule has 1 aromatic carbocycles. The van der Waals surface area contributed by atoms with Crippen molar-refractivity contribution in [2.75, 3.05) is 5.32 Å². The largest absolute Gasteiger partial charge is 0.309 e. The van der Waals surface area contributed by atoms with Crippen molar-refractivity contribution < 1.29 is 9.59 Å². The van der Waals surface area contributed by atoms with Gasteiger partial charge in [0.05, 0.1) is 5.92 Å². The van der Waals surface area contributed by atoms with Crippen molar-refractivity contribution in [3.8, 4) is 0 Å². The summed E-state index contributed by atoms with van der Waals surface area (Å²) >= 11 is 0. The number of hydrogen-bond donors (Lipinski definition) is 1. The Hall–Kier alpha value is -2.43. The van der Waals surface area contributed by atoms with Crippen LogP contribution in [0.5, 0.6) is 0 Å². The molecular weight excluding hydrogens is 302 g/mol. The van der Waals surface area contributed by atoms with Crippen molar-refractivity contribution in [2.45, 2.75) is 38.5 Å². The van der Waals surface area contributed by atoms with Crippen molar-refractivity contribution in [3.63, 3.8) is 0 Å². The third kappa shape index (κ3) is 3.72. The standard InChI is InChI=1S/C19H23N3O2/c1-13(19(24)20-18-10-11-22(2)21-18)15-8-6-14(7-9-15)12-16-4-3-5-17(16)23/h6-11,13,16H,3-5,12H2,1-2H3,(H,20,21,24)/t13-,16-/m0/s1. The monoisotopic (exact) mass is 325 g/mol. The highest BCUT2D eigenvalue weighted by molar-refractivity contribution is 5.94. The molecule has 1 amide bonds. The fourth-order valence-electron chi connectivity index (χ4n) is 3.20. The molecule has 1 saturated carbocycles. The molecule has 1 fully saturated rings. The number of carbonyl (C=O) groups excluding carboxylic acids is 2. The number of carbonyl (C=O) groups is 2. The lowest BCUT2D eigenvalue weighted by Crippen LogP contribution is -2.19. The molecule has 5 nitrogen and oxygen atoms in total. The van der Waals surface area contributed by atoms with Crippen LogP contribution in [0.4, 0.5) is 5.82 Å². The molecule has 2 atom stereocenters. The predicted molar refractivity (Wildman–Crippen MR) is 92.7 cm³/mol. The number of ketones is 1. The Morgan fingerprint density at radius 2 is 2.08 bits per heavy atom. The maximum Gasteiger partial charge on any atom is 0.232 e. The maximum absolute atomic E-state index is 12.3. The SMILES string of the molecule is C[C@H](C(=O)Nc1ccn(C)n1)c1ccc(C[C@@H]2CCCC2=O)cc1. The predicted octanol–water partition coefficient (Wildman–Crippen LogP) is 3.07. The molecule has 24 heavy (non-hydrogen) atoms. The molecule has 1 aliphatic carbocycles. The zero-order valence-electron chi connectivity index (χ0n) is 14.2. The van der Waals surface area contributed by atoms with Gasteiger partial charge in [-0.25, -0.2) is 0 Å². The second-order valence-corrected chi connectivity index (χ2v) is 6.59. The van der Waals surface area contributed by atoms with Gasteiger partial charge in [0.15, 0.2) is 5.82 Å². The van der Waals surface area contributed by atoms with E-state index in [9.17, 15) is 9.59 Å². The molecule has 1 aliphatic rings. The molecule has 0 spiro atoms. The number of nitrogens with zero attached hydrogens (tertiary/aromatic N) is 2. The van der Waals surface area contributed by atoms with Crippen molar-refractivity contribution in [1.82, 2.24) is 9.78 Å². The number of Topliss-reactive ketones (excluding diaryl/α,β-unsaturated/α-hetero) is 1. The highest BCUT2D eigenvalue weighted by Crippen LogP contribution is 2.26. The molecule has 0 bridgehead atoms. The van der Waals surface area contributed by atoms with Gasteiger partial charge in [-0.05, 0) is 37.3 Å². The molecular formula is C19H23N3O2. The minimum Gasteiger partial charge on any atom is -0.309 e. The Bertz CT molecular complexity index is 733. The lowest BCUT2D eigenvalue weighted by molar-refractivity contribution is -0.120. The Balaban J connectivity index is 1.61. The Kier molecular flexibility index (Phi) is 4.79. The van der Waals surface area contributed by atoms with E-state index in [1.54, 1.807) is 16.9 Å². The average Bonchev–Trinajstić information content (AvgIpc) is 3.16. The van der Waals surface area contributed by atoms with Gasteiger partial charge in [-0.2, -0.15) is 5.10 Å². The molecule has 1 heterocycles. The van der Waals surface area contributed by atoms with Crippen LogP contribution in [0, 0.1) is 5.92 Å². The van der Waals surface area contributed by atoms with Crippen molar-refractivity contribution in [1.29, 1.82) is 0 Å². The van der Waals surface area contributed by atoms with Gasteiger partial charge in [-0.15, -0.1) is 0 Å². The van der Waals surface area contributed by atoms with Crippen molar-refractivity contribution in [3.05, 3.63) is 47.7 Å². The molecule has 5 heteroatoms. The van der Waals surface area contributed by atoms with Crippen LogP contribution in [-0.2, 0) is 23.1 Å². The topological polar surface area (TPSA) is 64.0 Å². The fraction of sp³-hybridized carbons (Fsp3) is 0.421. The number of amides is 1. The second-order valence-electron chi connectivity index (χ2n) is 6.59. The number of hydrogen-bond acceptors (Lipinski definition) is 3. The number of nitrogens with one attached hydrogen (secondary N) is 1. The summed E-state index contributed by atoms with van der Waals surface area (Å²) < 4.78 is 1.65. The summed E-state index contributed by atoms with van der Waals surface area (Å²) in [6.07, 6.45) is 5.36. The molecule has 126 valence electrons. The molecule has 0 radical (unpaired) electrons. The molecule has 2 aromatic rings.